The molecule has 4 nitrogen and oxygen atoms in total. The van der Waals surface area contributed by atoms with Gasteiger partial charge in [0.1, 0.15) is 5.82 Å². The standard InChI is InChI=1S/C12H20N4/c1-10-5-6-11(15-14-10)13-9-12(16(2)3)7-4-8-12/h5-6H,4,7-9H2,1-3H3,(H,13,15). The van der Waals surface area contributed by atoms with E-state index in [1.54, 1.807) is 0 Å². The van der Waals surface area contributed by atoms with Crippen molar-refractivity contribution in [3.05, 3.63) is 17.8 Å². The van der Waals surface area contributed by atoms with Gasteiger partial charge in [-0.3, -0.25) is 0 Å². The van der Waals surface area contributed by atoms with Crippen molar-refractivity contribution < 1.29 is 0 Å². The van der Waals surface area contributed by atoms with E-state index in [9.17, 15) is 0 Å². The van der Waals surface area contributed by atoms with Gasteiger partial charge in [0, 0.05) is 12.1 Å². The summed E-state index contributed by atoms with van der Waals surface area (Å²) in [5.74, 6) is 0.874. The van der Waals surface area contributed by atoms with E-state index in [0.29, 0.717) is 5.54 Å². The number of rotatable bonds is 4. The fraction of sp³-hybridized carbons (Fsp3) is 0.667. The number of hydrogen-bond donors (Lipinski definition) is 1. The predicted molar refractivity (Wildman–Crippen MR) is 65.5 cm³/mol. The molecule has 0 bridgehead atoms. The fourth-order valence-corrected chi connectivity index (χ4v) is 2.12. The third-order valence-corrected chi connectivity index (χ3v) is 3.63. The summed E-state index contributed by atoms with van der Waals surface area (Å²) < 4.78 is 0. The quantitative estimate of drug-likeness (QED) is 0.838. The fourth-order valence-electron chi connectivity index (χ4n) is 2.12. The van der Waals surface area contributed by atoms with Crippen LogP contribution in [0.5, 0.6) is 0 Å². The second-order valence-corrected chi connectivity index (χ2v) is 4.89. The van der Waals surface area contributed by atoms with Crippen LogP contribution in [0.2, 0.25) is 0 Å². The highest BCUT2D eigenvalue weighted by Gasteiger charge is 2.38. The highest BCUT2D eigenvalue weighted by atomic mass is 15.2. The summed E-state index contributed by atoms with van der Waals surface area (Å²) in [7, 11) is 4.31. The van der Waals surface area contributed by atoms with Crippen LogP contribution in [-0.4, -0.2) is 41.3 Å². The van der Waals surface area contributed by atoms with Gasteiger partial charge < -0.3 is 10.2 Å². The van der Waals surface area contributed by atoms with Gasteiger partial charge in [-0.1, -0.05) is 0 Å². The Morgan fingerprint density at radius 3 is 2.50 bits per heavy atom. The normalized spacial score (nSPS) is 18.2. The Morgan fingerprint density at radius 1 is 1.31 bits per heavy atom. The monoisotopic (exact) mass is 220 g/mol. The summed E-state index contributed by atoms with van der Waals surface area (Å²) in [5.41, 5.74) is 1.28. The molecular formula is C12H20N4. The molecular weight excluding hydrogens is 200 g/mol. The molecule has 0 spiro atoms. The van der Waals surface area contributed by atoms with E-state index in [1.165, 1.54) is 19.3 Å². The molecule has 1 aromatic rings. The minimum absolute atomic E-state index is 0.326. The minimum Gasteiger partial charge on any atom is -0.367 e. The molecule has 1 saturated carbocycles. The summed E-state index contributed by atoms with van der Waals surface area (Å²) in [6.45, 7) is 2.90. The number of anilines is 1. The summed E-state index contributed by atoms with van der Waals surface area (Å²) in [4.78, 5) is 2.32. The predicted octanol–water partition coefficient (Wildman–Crippen LogP) is 1.68. The molecule has 88 valence electrons. The van der Waals surface area contributed by atoms with Crippen LogP contribution in [-0.2, 0) is 0 Å². The molecule has 0 aromatic carbocycles. The van der Waals surface area contributed by atoms with Crippen LogP contribution >= 0.6 is 0 Å². The lowest BCUT2D eigenvalue weighted by Gasteiger charge is -2.47. The van der Waals surface area contributed by atoms with E-state index in [0.717, 1.165) is 18.1 Å². The molecule has 1 N–H and O–H groups in total. The third kappa shape index (κ3) is 2.16. The largest absolute Gasteiger partial charge is 0.367 e. The number of nitrogens with zero attached hydrogens (tertiary/aromatic N) is 3. The van der Waals surface area contributed by atoms with Crippen molar-refractivity contribution in [1.82, 2.24) is 15.1 Å². The molecule has 1 aliphatic carbocycles. The smallest absolute Gasteiger partial charge is 0.148 e. The lowest BCUT2D eigenvalue weighted by atomic mass is 9.75. The van der Waals surface area contributed by atoms with Crippen LogP contribution in [0.4, 0.5) is 5.82 Å². The zero-order valence-corrected chi connectivity index (χ0v) is 10.3. The molecule has 1 aromatic heterocycles. The minimum atomic E-state index is 0.326. The topological polar surface area (TPSA) is 41.0 Å². The summed E-state index contributed by atoms with van der Waals surface area (Å²) in [6, 6.07) is 3.97. The van der Waals surface area contributed by atoms with Gasteiger partial charge >= 0.3 is 0 Å². The van der Waals surface area contributed by atoms with Crippen molar-refractivity contribution in [1.29, 1.82) is 0 Å². The zero-order valence-electron chi connectivity index (χ0n) is 10.3. The number of aryl methyl sites for hydroxylation is 1. The molecule has 0 amide bonds. The van der Waals surface area contributed by atoms with Crippen LogP contribution in [0, 0.1) is 6.92 Å². The molecule has 4 heteroatoms. The maximum Gasteiger partial charge on any atom is 0.148 e. The van der Waals surface area contributed by atoms with Crippen molar-refractivity contribution >= 4 is 5.82 Å². The summed E-state index contributed by atoms with van der Waals surface area (Å²) >= 11 is 0. The molecule has 0 radical (unpaired) electrons. The van der Waals surface area contributed by atoms with Crippen LogP contribution in [0.15, 0.2) is 12.1 Å². The lowest BCUT2D eigenvalue weighted by Crippen LogP contribution is -2.54. The Bertz CT molecular complexity index is 341. The Hall–Kier alpha value is -1.16. The number of nitrogens with one attached hydrogen (secondary N) is 1. The first kappa shape index (κ1) is 11.3. The zero-order chi connectivity index (χ0) is 11.6. The molecule has 0 aliphatic heterocycles. The van der Waals surface area contributed by atoms with Gasteiger partial charge in [0.05, 0.1) is 5.69 Å². The maximum atomic E-state index is 4.12. The third-order valence-electron chi connectivity index (χ3n) is 3.63. The number of hydrogen-bond acceptors (Lipinski definition) is 4. The molecule has 1 aliphatic rings. The average molecular weight is 220 g/mol. The Morgan fingerprint density at radius 2 is 2.06 bits per heavy atom. The van der Waals surface area contributed by atoms with Gasteiger partial charge in [-0.25, -0.2) is 0 Å². The lowest BCUT2D eigenvalue weighted by molar-refractivity contribution is 0.0738. The second-order valence-electron chi connectivity index (χ2n) is 4.89. The summed E-state index contributed by atoms with van der Waals surface area (Å²) in [5, 5.41) is 11.5. The van der Waals surface area contributed by atoms with Crippen molar-refractivity contribution in [2.24, 2.45) is 0 Å². The van der Waals surface area contributed by atoms with Crippen LogP contribution in [0.3, 0.4) is 0 Å². The molecule has 0 unspecified atom stereocenters. The highest BCUT2D eigenvalue weighted by molar-refractivity contribution is 5.33. The van der Waals surface area contributed by atoms with Gasteiger partial charge in [0.2, 0.25) is 0 Å². The van der Waals surface area contributed by atoms with Crippen LogP contribution in [0.25, 0.3) is 0 Å². The van der Waals surface area contributed by atoms with Crippen molar-refractivity contribution in [3.8, 4) is 0 Å². The maximum absolute atomic E-state index is 4.12. The Labute approximate surface area is 97.1 Å². The number of likely N-dealkylation sites (N-methyl/N-ethyl adjacent to an activating group) is 1. The molecule has 1 heterocycles. The first-order valence-electron chi connectivity index (χ1n) is 5.84. The first-order chi connectivity index (χ1) is 7.62. The highest BCUT2D eigenvalue weighted by Crippen LogP contribution is 2.35. The molecule has 16 heavy (non-hydrogen) atoms. The van der Waals surface area contributed by atoms with Gasteiger partial charge in [0.25, 0.3) is 0 Å². The van der Waals surface area contributed by atoms with Crippen LogP contribution < -0.4 is 5.32 Å². The van der Waals surface area contributed by atoms with E-state index >= 15 is 0 Å². The van der Waals surface area contributed by atoms with E-state index < -0.39 is 0 Å². The molecule has 1 fully saturated rings. The molecule has 0 atom stereocenters. The second kappa shape index (κ2) is 4.37. The number of aromatic nitrogens is 2. The first-order valence-corrected chi connectivity index (χ1v) is 5.84. The molecule has 0 saturated heterocycles. The summed E-state index contributed by atoms with van der Waals surface area (Å²) in [6.07, 6.45) is 3.87. The van der Waals surface area contributed by atoms with Gasteiger partial charge in [-0.15, -0.1) is 5.10 Å². The van der Waals surface area contributed by atoms with Gasteiger partial charge in [0.15, 0.2) is 0 Å². The van der Waals surface area contributed by atoms with Crippen LogP contribution in [0.1, 0.15) is 25.0 Å². The molecule has 2 rings (SSSR count). The van der Waals surface area contributed by atoms with Gasteiger partial charge in [-0.2, -0.15) is 5.10 Å². The average Bonchev–Trinajstić information content (AvgIpc) is 2.18. The van der Waals surface area contributed by atoms with E-state index in [2.05, 4.69) is 34.5 Å². The van der Waals surface area contributed by atoms with Gasteiger partial charge in [-0.05, 0) is 52.4 Å². The van der Waals surface area contributed by atoms with E-state index in [1.807, 2.05) is 19.1 Å². The van der Waals surface area contributed by atoms with Crippen molar-refractivity contribution in [2.75, 3.05) is 26.0 Å². The Balaban J connectivity index is 1.93. The van der Waals surface area contributed by atoms with Crippen molar-refractivity contribution in [2.45, 2.75) is 31.7 Å². The Kier molecular flexibility index (Phi) is 3.10. The van der Waals surface area contributed by atoms with E-state index in [-0.39, 0.29) is 0 Å². The SMILES string of the molecule is Cc1ccc(NCC2(N(C)C)CCC2)nn1. The van der Waals surface area contributed by atoms with Crippen molar-refractivity contribution in [3.63, 3.8) is 0 Å². The van der Waals surface area contributed by atoms with E-state index in [4.69, 9.17) is 0 Å².